The summed E-state index contributed by atoms with van der Waals surface area (Å²) in [5.41, 5.74) is 0. The predicted molar refractivity (Wildman–Crippen MR) is 69.7 cm³/mol. The van der Waals surface area contributed by atoms with E-state index in [9.17, 15) is 0 Å². The molecule has 2 rings (SSSR count). The fourth-order valence-electron chi connectivity index (χ4n) is 1.34. The molecule has 0 spiro atoms. The lowest BCUT2D eigenvalue weighted by Crippen LogP contribution is -2.07. The largest absolute Gasteiger partial charge is 0.494 e. The fraction of sp³-hybridized carbons (Fsp3) is 0.333. The van der Waals surface area contributed by atoms with Crippen LogP contribution >= 0.6 is 11.3 Å². The maximum Gasteiger partial charge on any atom is 0.205 e. The van der Waals surface area contributed by atoms with Gasteiger partial charge in [-0.3, -0.25) is 0 Å². The number of benzene rings is 1. The van der Waals surface area contributed by atoms with E-state index in [2.05, 4.69) is 15.5 Å². The van der Waals surface area contributed by atoms with Crippen LogP contribution in [0, 0.1) is 6.92 Å². The van der Waals surface area contributed by atoms with E-state index in [4.69, 9.17) is 4.74 Å². The maximum atomic E-state index is 5.58. The van der Waals surface area contributed by atoms with Crippen molar-refractivity contribution in [2.24, 2.45) is 0 Å². The summed E-state index contributed by atoms with van der Waals surface area (Å²) in [6.45, 7) is 3.50. The molecule has 0 bridgehead atoms. The van der Waals surface area contributed by atoms with Gasteiger partial charge < -0.3 is 10.1 Å². The van der Waals surface area contributed by atoms with Crippen LogP contribution in [0.3, 0.4) is 0 Å². The molecule has 4 nitrogen and oxygen atoms in total. The molecular formula is C12H15N3OS. The standard InChI is InChI=1S/C12H15N3OS/c1-10-14-15-12(17-10)13-8-5-9-16-11-6-3-2-4-7-11/h2-4,6-7H,5,8-9H2,1H3,(H,13,15). The van der Waals surface area contributed by atoms with Gasteiger partial charge in [0.05, 0.1) is 6.61 Å². The SMILES string of the molecule is Cc1nnc(NCCCOc2ccccc2)s1. The molecular weight excluding hydrogens is 234 g/mol. The predicted octanol–water partition coefficient (Wildman–Crippen LogP) is 2.73. The van der Waals surface area contributed by atoms with Crippen LogP contribution in [0.15, 0.2) is 30.3 Å². The molecule has 90 valence electrons. The van der Waals surface area contributed by atoms with E-state index < -0.39 is 0 Å². The molecule has 1 aromatic heterocycles. The van der Waals surface area contributed by atoms with Gasteiger partial charge in [0.25, 0.3) is 0 Å². The molecule has 0 atom stereocenters. The molecule has 0 fully saturated rings. The highest BCUT2D eigenvalue weighted by atomic mass is 32.1. The third-order valence-corrected chi connectivity index (χ3v) is 2.93. The molecule has 0 aliphatic heterocycles. The highest BCUT2D eigenvalue weighted by molar-refractivity contribution is 7.15. The van der Waals surface area contributed by atoms with Crippen molar-refractivity contribution in [1.82, 2.24) is 10.2 Å². The lowest BCUT2D eigenvalue weighted by molar-refractivity contribution is 0.315. The molecule has 0 radical (unpaired) electrons. The molecule has 17 heavy (non-hydrogen) atoms. The molecule has 1 aromatic carbocycles. The number of nitrogens with zero attached hydrogens (tertiary/aromatic N) is 2. The van der Waals surface area contributed by atoms with Gasteiger partial charge in [-0.15, -0.1) is 10.2 Å². The van der Waals surface area contributed by atoms with Crippen LogP contribution < -0.4 is 10.1 Å². The minimum Gasteiger partial charge on any atom is -0.494 e. The number of aromatic nitrogens is 2. The summed E-state index contributed by atoms with van der Waals surface area (Å²) in [5, 5.41) is 13.0. The molecule has 2 aromatic rings. The molecule has 0 unspecified atom stereocenters. The van der Waals surface area contributed by atoms with Crippen molar-refractivity contribution >= 4 is 16.5 Å². The monoisotopic (exact) mass is 249 g/mol. The van der Waals surface area contributed by atoms with Crippen molar-refractivity contribution < 1.29 is 4.74 Å². The summed E-state index contributed by atoms with van der Waals surface area (Å²) < 4.78 is 5.58. The Bertz CT molecular complexity index is 444. The average molecular weight is 249 g/mol. The van der Waals surface area contributed by atoms with E-state index in [0.717, 1.165) is 28.9 Å². The Balaban J connectivity index is 1.61. The van der Waals surface area contributed by atoms with E-state index in [-0.39, 0.29) is 0 Å². The van der Waals surface area contributed by atoms with Crippen molar-refractivity contribution in [2.75, 3.05) is 18.5 Å². The number of anilines is 1. The smallest absolute Gasteiger partial charge is 0.205 e. The second kappa shape index (κ2) is 6.20. The van der Waals surface area contributed by atoms with Crippen LogP contribution in [-0.2, 0) is 0 Å². The van der Waals surface area contributed by atoms with Crippen molar-refractivity contribution in [3.05, 3.63) is 35.3 Å². The first-order valence-electron chi connectivity index (χ1n) is 5.56. The fourth-order valence-corrected chi connectivity index (χ4v) is 1.96. The minimum atomic E-state index is 0.703. The van der Waals surface area contributed by atoms with Gasteiger partial charge in [-0.05, 0) is 25.5 Å². The first-order chi connectivity index (χ1) is 8.34. The van der Waals surface area contributed by atoms with E-state index in [1.807, 2.05) is 37.3 Å². The molecule has 1 N–H and O–H groups in total. The van der Waals surface area contributed by atoms with Crippen LogP contribution in [0.2, 0.25) is 0 Å². The molecule has 0 saturated carbocycles. The lowest BCUT2D eigenvalue weighted by atomic mass is 10.3. The number of ether oxygens (including phenoxy) is 1. The van der Waals surface area contributed by atoms with Gasteiger partial charge in [0.2, 0.25) is 5.13 Å². The van der Waals surface area contributed by atoms with E-state index in [1.165, 1.54) is 0 Å². The Hall–Kier alpha value is -1.62. The zero-order chi connectivity index (χ0) is 11.9. The molecule has 5 heteroatoms. The van der Waals surface area contributed by atoms with E-state index in [1.54, 1.807) is 11.3 Å². The van der Waals surface area contributed by atoms with Gasteiger partial charge in [-0.2, -0.15) is 0 Å². The van der Waals surface area contributed by atoms with Crippen LogP contribution in [0.5, 0.6) is 5.75 Å². The van der Waals surface area contributed by atoms with Crippen molar-refractivity contribution in [2.45, 2.75) is 13.3 Å². The Morgan fingerprint density at radius 1 is 1.24 bits per heavy atom. The third-order valence-electron chi connectivity index (χ3n) is 2.14. The average Bonchev–Trinajstić information content (AvgIpc) is 2.76. The number of hydrogen-bond donors (Lipinski definition) is 1. The zero-order valence-electron chi connectivity index (χ0n) is 9.72. The Labute approximate surface area is 105 Å². The molecule has 0 aliphatic carbocycles. The summed E-state index contributed by atoms with van der Waals surface area (Å²) in [6, 6.07) is 9.84. The quantitative estimate of drug-likeness (QED) is 0.800. The normalized spacial score (nSPS) is 10.2. The van der Waals surface area contributed by atoms with Gasteiger partial charge in [0.1, 0.15) is 10.8 Å². The molecule has 0 saturated heterocycles. The van der Waals surface area contributed by atoms with Crippen LogP contribution in [0.1, 0.15) is 11.4 Å². The highest BCUT2D eigenvalue weighted by Gasteiger charge is 1.98. The third kappa shape index (κ3) is 4.03. The zero-order valence-corrected chi connectivity index (χ0v) is 10.5. The van der Waals surface area contributed by atoms with Crippen molar-refractivity contribution in [3.63, 3.8) is 0 Å². The number of hydrogen-bond acceptors (Lipinski definition) is 5. The van der Waals surface area contributed by atoms with E-state index >= 15 is 0 Å². The topological polar surface area (TPSA) is 47.0 Å². The molecule has 1 heterocycles. The number of nitrogens with one attached hydrogen (secondary N) is 1. The van der Waals surface area contributed by atoms with Gasteiger partial charge >= 0.3 is 0 Å². The summed E-state index contributed by atoms with van der Waals surface area (Å²) in [5.74, 6) is 0.916. The van der Waals surface area contributed by atoms with Gasteiger partial charge in [-0.25, -0.2) is 0 Å². The molecule has 0 aliphatic rings. The second-order valence-electron chi connectivity index (χ2n) is 3.57. The van der Waals surface area contributed by atoms with Gasteiger partial charge in [0.15, 0.2) is 0 Å². The second-order valence-corrected chi connectivity index (χ2v) is 4.75. The molecule has 0 amide bonds. The first kappa shape index (κ1) is 11.9. The van der Waals surface area contributed by atoms with Crippen molar-refractivity contribution in [1.29, 1.82) is 0 Å². The number of para-hydroxylation sites is 1. The number of aryl methyl sites for hydroxylation is 1. The van der Waals surface area contributed by atoms with Gasteiger partial charge in [0, 0.05) is 6.54 Å². The van der Waals surface area contributed by atoms with Crippen LogP contribution in [0.4, 0.5) is 5.13 Å². The van der Waals surface area contributed by atoms with Gasteiger partial charge in [-0.1, -0.05) is 29.5 Å². The number of rotatable bonds is 6. The summed E-state index contributed by atoms with van der Waals surface area (Å²) >= 11 is 1.57. The van der Waals surface area contributed by atoms with Crippen molar-refractivity contribution in [3.8, 4) is 5.75 Å². The summed E-state index contributed by atoms with van der Waals surface area (Å²) in [6.07, 6.45) is 0.938. The summed E-state index contributed by atoms with van der Waals surface area (Å²) in [4.78, 5) is 0. The Morgan fingerprint density at radius 2 is 2.06 bits per heavy atom. The Morgan fingerprint density at radius 3 is 2.76 bits per heavy atom. The Kier molecular flexibility index (Phi) is 4.32. The van der Waals surface area contributed by atoms with Crippen LogP contribution in [0.25, 0.3) is 0 Å². The summed E-state index contributed by atoms with van der Waals surface area (Å²) in [7, 11) is 0. The lowest BCUT2D eigenvalue weighted by Gasteiger charge is -2.05. The maximum absolute atomic E-state index is 5.58. The van der Waals surface area contributed by atoms with Crippen LogP contribution in [-0.4, -0.2) is 23.3 Å². The van der Waals surface area contributed by atoms with E-state index in [0.29, 0.717) is 6.61 Å². The first-order valence-corrected chi connectivity index (χ1v) is 6.38. The highest BCUT2D eigenvalue weighted by Crippen LogP contribution is 2.13. The minimum absolute atomic E-state index is 0.703.